The third-order valence-corrected chi connectivity index (χ3v) is 5.56. The molecule has 0 fully saturated rings. The second-order valence-electron chi connectivity index (χ2n) is 5.78. The van der Waals surface area contributed by atoms with E-state index in [0.29, 0.717) is 33.1 Å². The summed E-state index contributed by atoms with van der Waals surface area (Å²) in [4.78, 5) is 0.0245. The van der Waals surface area contributed by atoms with E-state index < -0.39 is 10.0 Å². The first-order chi connectivity index (χ1) is 13.2. The topological polar surface area (TPSA) is 102 Å². The lowest BCUT2D eigenvalue weighted by Gasteiger charge is -2.09. The van der Waals surface area contributed by atoms with Gasteiger partial charge in [-0.05, 0) is 48.6 Å². The Morgan fingerprint density at radius 3 is 2.29 bits per heavy atom. The van der Waals surface area contributed by atoms with Gasteiger partial charge in [0.1, 0.15) is 0 Å². The predicted molar refractivity (Wildman–Crippen MR) is 115 cm³/mol. The van der Waals surface area contributed by atoms with Gasteiger partial charge in [0.2, 0.25) is 10.0 Å². The first-order valence-corrected chi connectivity index (χ1v) is 10.6. The smallest absolute Gasteiger partial charge is 0.238 e. The number of hydrogen-bond donors (Lipinski definition) is 3. The minimum Gasteiger partial charge on any atom is -0.332 e. The van der Waals surface area contributed by atoms with Gasteiger partial charge in [-0.15, -0.1) is 0 Å². The second-order valence-corrected chi connectivity index (χ2v) is 8.56. The maximum Gasteiger partial charge on any atom is 0.238 e. The molecule has 0 saturated carbocycles. The molecule has 4 N–H and O–H groups in total. The fourth-order valence-corrected chi connectivity index (χ4v) is 3.65. The summed E-state index contributed by atoms with van der Waals surface area (Å²) >= 11 is 17.6. The third-order valence-electron chi connectivity index (χ3n) is 3.71. The number of thiocarbonyl (C=S) groups is 1. The number of sulfonamides is 1. The van der Waals surface area contributed by atoms with Gasteiger partial charge < -0.3 is 10.6 Å². The highest BCUT2D eigenvalue weighted by molar-refractivity contribution is 7.89. The van der Waals surface area contributed by atoms with E-state index >= 15 is 0 Å². The number of benzene rings is 2. The number of nitrogens with one attached hydrogen (secondary N) is 2. The molecule has 1 aromatic heterocycles. The molecule has 0 atom stereocenters. The number of nitrogens with two attached hydrogens (primary N) is 1. The molecule has 3 aromatic rings. The maximum absolute atomic E-state index is 11.3. The molecule has 11 heteroatoms. The van der Waals surface area contributed by atoms with Gasteiger partial charge in [0.05, 0.1) is 23.3 Å². The van der Waals surface area contributed by atoms with Crippen LogP contribution in [0, 0.1) is 0 Å². The van der Waals surface area contributed by atoms with E-state index in [0.717, 1.165) is 5.56 Å². The summed E-state index contributed by atoms with van der Waals surface area (Å²) in [5.41, 5.74) is 2.05. The Balaban J connectivity index is 1.62. The van der Waals surface area contributed by atoms with Crippen molar-refractivity contribution in [1.82, 2.24) is 9.78 Å². The number of rotatable bonds is 5. The van der Waals surface area contributed by atoms with Crippen LogP contribution in [-0.2, 0) is 16.6 Å². The lowest BCUT2D eigenvalue weighted by molar-refractivity contribution is 0.598. The summed E-state index contributed by atoms with van der Waals surface area (Å²) in [7, 11) is -3.73. The first kappa shape index (κ1) is 20.6. The summed E-state index contributed by atoms with van der Waals surface area (Å²) in [5, 5.41) is 16.7. The molecule has 1 heterocycles. The van der Waals surface area contributed by atoms with Gasteiger partial charge in [0.15, 0.2) is 5.11 Å². The standard InChI is InChI=1S/C17H15Cl2N5O2S2/c18-15-2-1-3-16(19)14(15)10-24-9-12(8-21-24)23-17(27)22-11-4-6-13(7-5-11)28(20,25)26/h1-9H,10H2,(H2,20,25,26)(H2,22,23,27). The Morgan fingerprint density at radius 2 is 1.68 bits per heavy atom. The second kappa shape index (κ2) is 8.46. The molecule has 0 aliphatic carbocycles. The van der Waals surface area contributed by atoms with Crippen molar-refractivity contribution in [3.63, 3.8) is 0 Å². The molecule has 3 rings (SSSR count). The largest absolute Gasteiger partial charge is 0.332 e. The Morgan fingerprint density at radius 1 is 1.07 bits per heavy atom. The number of anilines is 2. The maximum atomic E-state index is 11.3. The van der Waals surface area contributed by atoms with Gasteiger partial charge in [-0.1, -0.05) is 29.3 Å². The fraction of sp³-hybridized carbons (Fsp3) is 0.0588. The molecule has 0 unspecified atom stereocenters. The Labute approximate surface area is 177 Å². The zero-order valence-corrected chi connectivity index (χ0v) is 17.4. The van der Waals surface area contributed by atoms with Crippen molar-refractivity contribution in [2.45, 2.75) is 11.4 Å². The van der Waals surface area contributed by atoms with Crippen molar-refractivity contribution in [2.75, 3.05) is 10.6 Å². The van der Waals surface area contributed by atoms with Crippen LogP contribution in [0.15, 0.2) is 59.8 Å². The molecule has 7 nitrogen and oxygen atoms in total. The van der Waals surface area contributed by atoms with E-state index in [1.54, 1.807) is 47.4 Å². The van der Waals surface area contributed by atoms with Crippen LogP contribution in [0.2, 0.25) is 10.0 Å². The van der Waals surface area contributed by atoms with Crippen LogP contribution < -0.4 is 15.8 Å². The molecule has 0 radical (unpaired) electrons. The summed E-state index contributed by atoms with van der Waals surface area (Å²) in [6.07, 6.45) is 3.38. The fourth-order valence-electron chi connectivity index (χ4n) is 2.38. The van der Waals surface area contributed by atoms with E-state index in [-0.39, 0.29) is 4.90 Å². The van der Waals surface area contributed by atoms with Gasteiger partial charge in [0, 0.05) is 27.5 Å². The van der Waals surface area contributed by atoms with Gasteiger partial charge in [-0.3, -0.25) is 4.68 Å². The molecule has 0 saturated heterocycles. The number of nitrogens with zero attached hydrogens (tertiary/aromatic N) is 2. The lowest BCUT2D eigenvalue weighted by Crippen LogP contribution is -2.19. The Bertz CT molecular complexity index is 1090. The molecular weight excluding hydrogens is 441 g/mol. The molecule has 0 spiro atoms. The monoisotopic (exact) mass is 455 g/mol. The van der Waals surface area contributed by atoms with E-state index in [2.05, 4.69) is 15.7 Å². The van der Waals surface area contributed by atoms with Crippen molar-refractivity contribution in [3.8, 4) is 0 Å². The average Bonchev–Trinajstić information content (AvgIpc) is 3.05. The Kier molecular flexibility index (Phi) is 6.21. The van der Waals surface area contributed by atoms with Gasteiger partial charge in [-0.2, -0.15) is 5.10 Å². The molecular formula is C17H15Cl2N5O2S2. The highest BCUT2D eigenvalue weighted by Gasteiger charge is 2.09. The zero-order valence-electron chi connectivity index (χ0n) is 14.3. The van der Waals surface area contributed by atoms with Gasteiger partial charge >= 0.3 is 0 Å². The van der Waals surface area contributed by atoms with Crippen LogP contribution in [0.25, 0.3) is 0 Å². The zero-order chi connectivity index (χ0) is 20.3. The van der Waals surface area contributed by atoms with Crippen molar-refractivity contribution in [1.29, 1.82) is 0 Å². The molecule has 0 amide bonds. The van der Waals surface area contributed by atoms with Crippen LogP contribution in [0.3, 0.4) is 0 Å². The van der Waals surface area contributed by atoms with E-state index in [1.165, 1.54) is 12.1 Å². The molecule has 2 aromatic carbocycles. The normalized spacial score (nSPS) is 11.2. The lowest BCUT2D eigenvalue weighted by atomic mass is 10.2. The summed E-state index contributed by atoms with van der Waals surface area (Å²) < 4.78 is 24.2. The summed E-state index contributed by atoms with van der Waals surface area (Å²) in [5.74, 6) is 0. The molecule has 146 valence electrons. The van der Waals surface area contributed by atoms with Gasteiger partial charge in [-0.25, -0.2) is 13.6 Å². The van der Waals surface area contributed by atoms with Crippen molar-refractivity contribution in [3.05, 3.63) is 70.5 Å². The van der Waals surface area contributed by atoms with Crippen LogP contribution in [0.5, 0.6) is 0 Å². The minimum absolute atomic E-state index is 0.0245. The van der Waals surface area contributed by atoms with Gasteiger partial charge in [0.25, 0.3) is 0 Å². The van der Waals surface area contributed by atoms with Crippen LogP contribution >= 0.6 is 35.4 Å². The van der Waals surface area contributed by atoms with E-state index in [1.807, 2.05) is 0 Å². The molecule has 28 heavy (non-hydrogen) atoms. The molecule has 0 bridgehead atoms. The predicted octanol–water partition coefficient (Wildman–Crippen LogP) is 3.69. The summed E-state index contributed by atoms with van der Waals surface area (Å²) in [6.45, 7) is 0.412. The SMILES string of the molecule is NS(=O)(=O)c1ccc(NC(=S)Nc2cnn(Cc3c(Cl)cccc3Cl)c2)cc1. The number of primary sulfonamides is 1. The number of aromatic nitrogens is 2. The summed E-state index contributed by atoms with van der Waals surface area (Å²) in [6, 6.07) is 11.2. The molecule has 0 aliphatic rings. The Hall–Kier alpha value is -2.17. The van der Waals surface area contributed by atoms with Crippen molar-refractivity contribution < 1.29 is 8.42 Å². The minimum atomic E-state index is -3.73. The quantitative estimate of drug-likeness (QED) is 0.506. The van der Waals surface area contributed by atoms with E-state index in [4.69, 9.17) is 40.6 Å². The highest BCUT2D eigenvalue weighted by atomic mass is 35.5. The van der Waals surface area contributed by atoms with Crippen molar-refractivity contribution in [2.24, 2.45) is 5.14 Å². The molecule has 0 aliphatic heterocycles. The van der Waals surface area contributed by atoms with E-state index in [9.17, 15) is 8.42 Å². The van der Waals surface area contributed by atoms with Crippen LogP contribution in [0.4, 0.5) is 11.4 Å². The highest BCUT2D eigenvalue weighted by Crippen LogP contribution is 2.25. The third kappa shape index (κ3) is 5.21. The van der Waals surface area contributed by atoms with Crippen LogP contribution in [0.1, 0.15) is 5.56 Å². The number of hydrogen-bond acceptors (Lipinski definition) is 4. The average molecular weight is 456 g/mol. The first-order valence-electron chi connectivity index (χ1n) is 7.88. The van der Waals surface area contributed by atoms with Crippen molar-refractivity contribution >= 4 is 61.9 Å². The van der Waals surface area contributed by atoms with Crippen LogP contribution in [-0.4, -0.2) is 23.3 Å². The number of halogens is 2.